The largest absolute Gasteiger partial charge is 0.462 e. The van der Waals surface area contributed by atoms with Crippen molar-refractivity contribution in [1.29, 1.82) is 0 Å². The molecule has 6 nitrogen and oxygen atoms in total. The molecule has 18 heavy (non-hydrogen) atoms. The Balaban J connectivity index is 3.78. The number of hydrogen-bond acceptors (Lipinski definition) is 6. The minimum Gasteiger partial charge on any atom is -0.462 e. The molecule has 0 aliphatic carbocycles. The molecule has 6 heteroatoms. The first-order valence-corrected chi connectivity index (χ1v) is 5.95. The van der Waals surface area contributed by atoms with Crippen LogP contribution in [0.25, 0.3) is 0 Å². The van der Waals surface area contributed by atoms with Gasteiger partial charge in [-0.15, -0.1) is 0 Å². The number of carbonyl (C=O) groups excluding carboxylic acids is 2. The summed E-state index contributed by atoms with van der Waals surface area (Å²) in [4.78, 5) is 23.6. The second kappa shape index (κ2) is 9.85. The van der Waals surface area contributed by atoms with Crippen LogP contribution in [0.1, 0.15) is 20.3 Å². The van der Waals surface area contributed by atoms with Crippen LogP contribution < -0.4 is 0 Å². The van der Waals surface area contributed by atoms with Crippen LogP contribution in [0.4, 0.5) is 0 Å². The Morgan fingerprint density at radius 3 is 2.28 bits per heavy atom. The Morgan fingerprint density at radius 1 is 1.11 bits per heavy atom. The van der Waals surface area contributed by atoms with Crippen molar-refractivity contribution in [3.63, 3.8) is 0 Å². The monoisotopic (exact) mass is 261 g/mol. The van der Waals surface area contributed by atoms with Crippen molar-refractivity contribution in [3.05, 3.63) is 0 Å². The molecule has 0 N–H and O–H groups in total. The van der Waals surface area contributed by atoms with Crippen LogP contribution in [-0.4, -0.2) is 63.4 Å². The van der Waals surface area contributed by atoms with E-state index in [2.05, 4.69) is 4.90 Å². The summed E-state index contributed by atoms with van der Waals surface area (Å²) in [6, 6.07) is 0. The molecule has 0 aliphatic heterocycles. The van der Waals surface area contributed by atoms with Crippen LogP contribution in [0.5, 0.6) is 0 Å². The molecular weight excluding hydrogens is 238 g/mol. The van der Waals surface area contributed by atoms with Gasteiger partial charge in [0, 0.05) is 20.5 Å². The number of rotatable bonds is 9. The lowest BCUT2D eigenvalue weighted by atomic mass is 10.4. The molecule has 0 saturated carbocycles. The van der Waals surface area contributed by atoms with Crippen molar-refractivity contribution >= 4 is 11.9 Å². The number of nitrogens with zero attached hydrogens (tertiary/aromatic N) is 1. The molecule has 1 atom stereocenters. The van der Waals surface area contributed by atoms with Gasteiger partial charge in [-0.2, -0.15) is 0 Å². The van der Waals surface area contributed by atoms with E-state index >= 15 is 0 Å². The van der Waals surface area contributed by atoms with Gasteiger partial charge in [0.25, 0.3) is 0 Å². The van der Waals surface area contributed by atoms with E-state index in [4.69, 9.17) is 14.2 Å². The van der Waals surface area contributed by atoms with Gasteiger partial charge in [-0.05, 0) is 27.1 Å². The van der Waals surface area contributed by atoms with Crippen LogP contribution in [0.3, 0.4) is 0 Å². The van der Waals surface area contributed by atoms with Gasteiger partial charge in [0.15, 0.2) is 6.10 Å². The Bertz CT molecular complexity index is 255. The fourth-order valence-corrected chi connectivity index (χ4v) is 1.26. The van der Waals surface area contributed by atoms with Crippen LogP contribution in [0.15, 0.2) is 0 Å². The standard InChI is InChI=1S/C12H23NO5/c1-10(14)17-9-12(18-11(2)15)8-16-7-5-6-13(3)4/h12H,5-9H2,1-4H3. The van der Waals surface area contributed by atoms with Crippen LogP contribution in [0.2, 0.25) is 0 Å². The Labute approximate surface area is 108 Å². The van der Waals surface area contributed by atoms with Gasteiger partial charge in [0.1, 0.15) is 6.61 Å². The maximum absolute atomic E-state index is 10.9. The molecule has 0 bridgehead atoms. The Morgan fingerprint density at radius 2 is 1.78 bits per heavy atom. The predicted molar refractivity (Wildman–Crippen MR) is 66.2 cm³/mol. The summed E-state index contributed by atoms with van der Waals surface area (Å²) < 4.78 is 15.2. The minimum absolute atomic E-state index is 0.0304. The van der Waals surface area contributed by atoms with Gasteiger partial charge in [-0.25, -0.2) is 0 Å². The second-order valence-corrected chi connectivity index (χ2v) is 4.27. The van der Waals surface area contributed by atoms with Gasteiger partial charge in [-0.1, -0.05) is 0 Å². The lowest BCUT2D eigenvalue weighted by Crippen LogP contribution is -2.29. The zero-order chi connectivity index (χ0) is 14.0. The first kappa shape index (κ1) is 16.9. The summed E-state index contributed by atoms with van der Waals surface area (Å²) in [5.41, 5.74) is 0. The van der Waals surface area contributed by atoms with Gasteiger partial charge in [-0.3, -0.25) is 9.59 Å². The van der Waals surface area contributed by atoms with E-state index in [1.165, 1.54) is 13.8 Å². The molecule has 106 valence electrons. The van der Waals surface area contributed by atoms with Gasteiger partial charge < -0.3 is 19.1 Å². The third-order valence-corrected chi connectivity index (χ3v) is 2.00. The summed E-state index contributed by atoms with van der Waals surface area (Å²) in [5, 5.41) is 0. The maximum atomic E-state index is 10.9. The molecular formula is C12H23NO5. The molecule has 1 unspecified atom stereocenters. The first-order chi connectivity index (χ1) is 8.41. The summed E-state index contributed by atoms with van der Waals surface area (Å²) >= 11 is 0. The Hall–Kier alpha value is -1.14. The van der Waals surface area contributed by atoms with Crippen LogP contribution in [-0.2, 0) is 23.8 Å². The van der Waals surface area contributed by atoms with Gasteiger partial charge >= 0.3 is 11.9 Å². The van der Waals surface area contributed by atoms with E-state index in [0.717, 1.165) is 13.0 Å². The van der Waals surface area contributed by atoms with E-state index in [-0.39, 0.29) is 13.2 Å². The highest BCUT2D eigenvalue weighted by molar-refractivity contribution is 5.67. The molecule has 0 aromatic carbocycles. The predicted octanol–water partition coefficient (Wildman–Crippen LogP) is 0.450. The lowest BCUT2D eigenvalue weighted by Gasteiger charge is -2.17. The average Bonchev–Trinajstić information content (AvgIpc) is 2.23. The molecule has 0 radical (unpaired) electrons. The fourth-order valence-electron chi connectivity index (χ4n) is 1.26. The van der Waals surface area contributed by atoms with Gasteiger partial charge in [0.2, 0.25) is 0 Å². The molecule has 0 aromatic heterocycles. The zero-order valence-corrected chi connectivity index (χ0v) is 11.6. The quantitative estimate of drug-likeness (QED) is 0.443. The van der Waals surface area contributed by atoms with Crippen molar-refractivity contribution in [3.8, 4) is 0 Å². The highest BCUT2D eigenvalue weighted by Gasteiger charge is 2.14. The summed E-state index contributed by atoms with van der Waals surface area (Å²) in [5.74, 6) is -0.816. The molecule has 0 fully saturated rings. The second-order valence-electron chi connectivity index (χ2n) is 4.27. The van der Waals surface area contributed by atoms with E-state index < -0.39 is 18.0 Å². The van der Waals surface area contributed by atoms with E-state index in [9.17, 15) is 9.59 Å². The molecule has 0 aliphatic rings. The smallest absolute Gasteiger partial charge is 0.303 e. The summed E-state index contributed by atoms with van der Waals surface area (Å²) in [6.07, 6.45) is 0.360. The van der Waals surface area contributed by atoms with E-state index in [0.29, 0.717) is 6.61 Å². The molecule has 0 aromatic rings. The Kier molecular flexibility index (Phi) is 9.22. The van der Waals surface area contributed by atoms with Crippen molar-refractivity contribution < 1.29 is 23.8 Å². The highest BCUT2D eigenvalue weighted by Crippen LogP contribution is 1.98. The third-order valence-electron chi connectivity index (χ3n) is 2.00. The molecule has 0 amide bonds. The van der Waals surface area contributed by atoms with Crippen LogP contribution in [0, 0.1) is 0 Å². The topological polar surface area (TPSA) is 65.1 Å². The third kappa shape index (κ3) is 11.3. The summed E-state index contributed by atoms with van der Waals surface area (Å²) in [6.45, 7) is 4.40. The highest BCUT2D eigenvalue weighted by atomic mass is 16.6. The lowest BCUT2D eigenvalue weighted by molar-refractivity contribution is -0.159. The average molecular weight is 261 g/mol. The van der Waals surface area contributed by atoms with E-state index in [1.54, 1.807) is 0 Å². The normalized spacial score (nSPS) is 12.3. The maximum Gasteiger partial charge on any atom is 0.303 e. The van der Waals surface area contributed by atoms with Crippen molar-refractivity contribution in [1.82, 2.24) is 4.90 Å². The van der Waals surface area contributed by atoms with Gasteiger partial charge in [0.05, 0.1) is 6.61 Å². The first-order valence-electron chi connectivity index (χ1n) is 5.95. The number of esters is 2. The van der Waals surface area contributed by atoms with E-state index in [1.807, 2.05) is 14.1 Å². The van der Waals surface area contributed by atoms with Crippen molar-refractivity contribution in [2.45, 2.75) is 26.4 Å². The SMILES string of the molecule is CC(=O)OCC(COCCCN(C)C)OC(C)=O. The molecule has 0 spiro atoms. The number of carbonyl (C=O) groups is 2. The number of hydrogen-bond donors (Lipinski definition) is 0. The molecule has 0 heterocycles. The van der Waals surface area contributed by atoms with Crippen LogP contribution >= 0.6 is 0 Å². The number of ether oxygens (including phenoxy) is 3. The minimum atomic E-state index is -0.536. The molecule has 0 rings (SSSR count). The van der Waals surface area contributed by atoms with Crippen molar-refractivity contribution in [2.24, 2.45) is 0 Å². The zero-order valence-electron chi connectivity index (χ0n) is 11.6. The van der Waals surface area contributed by atoms with Crippen molar-refractivity contribution in [2.75, 3.05) is 40.5 Å². The summed E-state index contributed by atoms with van der Waals surface area (Å²) in [7, 11) is 3.98. The molecule has 0 saturated heterocycles. The fraction of sp³-hybridized carbons (Fsp3) is 0.833.